The summed E-state index contributed by atoms with van der Waals surface area (Å²) < 4.78 is 23.7. The van der Waals surface area contributed by atoms with Crippen LogP contribution in [-0.4, -0.2) is 73.4 Å². The van der Waals surface area contributed by atoms with Crippen LogP contribution in [0.25, 0.3) is 0 Å². The van der Waals surface area contributed by atoms with Gasteiger partial charge in [-0.25, -0.2) is 4.57 Å². The first-order valence-electron chi connectivity index (χ1n) is 28.4. The van der Waals surface area contributed by atoms with Crippen molar-refractivity contribution in [2.24, 2.45) is 0 Å². The number of carbonyl (C=O) groups excluding carboxylic acids is 1. The van der Waals surface area contributed by atoms with Crippen molar-refractivity contribution in [2.45, 2.75) is 283 Å². The van der Waals surface area contributed by atoms with E-state index in [1.807, 2.05) is 27.2 Å². The van der Waals surface area contributed by atoms with Crippen molar-refractivity contribution >= 4 is 13.7 Å². The van der Waals surface area contributed by atoms with E-state index in [0.717, 1.165) is 44.9 Å². The number of quaternary nitrogens is 1. The van der Waals surface area contributed by atoms with Crippen LogP contribution >= 0.6 is 7.82 Å². The minimum absolute atomic E-state index is 0.0610. The number of nitrogens with one attached hydrogen (secondary N) is 1. The van der Waals surface area contributed by atoms with E-state index in [-0.39, 0.29) is 19.1 Å². The Labute approximate surface area is 410 Å². The Bertz CT molecular complexity index is 1170. The zero-order valence-electron chi connectivity index (χ0n) is 44.4. The number of rotatable bonds is 52. The zero-order chi connectivity index (χ0) is 48.5. The first-order chi connectivity index (χ1) is 32.0. The van der Waals surface area contributed by atoms with Crippen LogP contribution in [0.1, 0.15) is 271 Å². The maximum absolute atomic E-state index is 13.0. The summed E-state index contributed by atoms with van der Waals surface area (Å²) in [5.74, 6) is -0.179. The van der Waals surface area contributed by atoms with Gasteiger partial charge in [0.2, 0.25) is 5.91 Å². The lowest BCUT2D eigenvalue weighted by molar-refractivity contribution is -0.870. The molecule has 390 valence electrons. The zero-order valence-corrected chi connectivity index (χ0v) is 45.3. The number of hydrogen-bond donors (Lipinski definition) is 3. The van der Waals surface area contributed by atoms with Gasteiger partial charge in [0.1, 0.15) is 13.2 Å². The molecular weight excluding hydrogens is 840 g/mol. The molecule has 1 amide bonds. The van der Waals surface area contributed by atoms with Gasteiger partial charge in [-0.1, -0.05) is 249 Å². The number of unbranched alkanes of at least 4 members (excludes halogenated alkanes) is 35. The van der Waals surface area contributed by atoms with Crippen LogP contribution in [0, 0.1) is 0 Å². The first-order valence-corrected chi connectivity index (χ1v) is 29.9. The number of allylic oxidation sites excluding steroid dienone is 5. The quantitative estimate of drug-likeness (QED) is 0.0243. The van der Waals surface area contributed by atoms with Crippen molar-refractivity contribution in [3.05, 3.63) is 36.5 Å². The highest BCUT2D eigenvalue weighted by molar-refractivity contribution is 7.47. The lowest BCUT2D eigenvalue weighted by atomic mass is 10.0. The second kappa shape index (κ2) is 48.7. The molecule has 0 aromatic rings. The van der Waals surface area contributed by atoms with E-state index >= 15 is 0 Å². The Morgan fingerprint density at radius 1 is 0.515 bits per heavy atom. The number of aliphatic hydroxyl groups is 1. The molecule has 0 aliphatic heterocycles. The standard InChI is InChI=1S/C57H111N2O6P/c1-6-8-10-12-14-16-18-20-22-24-26-27-28-29-30-31-33-35-37-39-41-43-45-47-49-51-57(61)58-55(54-65-66(62,63)64-53-52-59(3,4)5)56(60)50-48-46-44-42-40-38-36-34-32-25-23-21-19-17-15-13-11-9-7-2/h26-27,29-30,48,50,55-56,60H,6-25,28,31-47,49,51-54H2,1-5H3,(H-,58,61,62,63)/p+1/b27-26-,30-29-,50-48+. The van der Waals surface area contributed by atoms with Crippen LogP contribution in [0.3, 0.4) is 0 Å². The normalized spacial score (nSPS) is 14.2. The molecule has 0 spiro atoms. The van der Waals surface area contributed by atoms with E-state index in [2.05, 4.69) is 43.5 Å². The summed E-state index contributed by atoms with van der Waals surface area (Å²) in [7, 11) is 1.58. The lowest BCUT2D eigenvalue weighted by Gasteiger charge is -2.25. The van der Waals surface area contributed by atoms with E-state index in [9.17, 15) is 19.4 Å². The summed E-state index contributed by atoms with van der Waals surface area (Å²) in [5, 5.41) is 13.9. The molecule has 66 heavy (non-hydrogen) atoms. The molecule has 0 rings (SSSR count). The fourth-order valence-electron chi connectivity index (χ4n) is 8.37. The van der Waals surface area contributed by atoms with E-state index in [0.29, 0.717) is 17.4 Å². The first kappa shape index (κ1) is 64.7. The van der Waals surface area contributed by atoms with E-state index in [1.54, 1.807) is 6.08 Å². The molecule has 3 N–H and O–H groups in total. The van der Waals surface area contributed by atoms with Gasteiger partial charge < -0.3 is 19.8 Å². The summed E-state index contributed by atoms with van der Waals surface area (Å²) in [5.41, 5.74) is 0. The van der Waals surface area contributed by atoms with Gasteiger partial charge in [-0.3, -0.25) is 13.8 Å². The van der Waals surface area contributed by atoms with Gasteiger partial charge in [-0.05, 0) is 51.4 Å². The minimum Gasteiger partial charge on any atom is -0.387 e. The van der Waals surface area contributed by atoms with Gasteiger partial charge in [0.15, 0.2) is 0 Å². The number of phosphoric ester groups is 1. The van der Waals surface area contributed by atoms with E-state index in [4.69, 9.17) is 9.05 Å². The van der Waals surface area contributed by atoms with Gasteiger partial charge in [-0.15, -0.1) is 0 Å². The number of likely N-dealkylation sites (N-methyl/N-ethyl adjacent to an activating group) is 1. The molecule has 0 aliphatic carbocycles. The molecule has 9 heteroatoms. The molecule has 0 aliphatic rings. The molecule has 3 atom stereocenters. The van der Waals surface area contributed by atoms with Crippen molar-refractivity contribution in [1.29, 1.82) is 0 Å². The highest BCUT2D eigenvalue weighted by atomic mass is 31.2. The van der Waals surface area contributed by atoms with Crippen LogP contribution < -0.4 is 5.32 Å². The predicted molar refractivity (Wildman–Crippen MR) is 286 cm³/mol. The largest absolute Gasteiger partial charge is 0.472 e. The van der Waals surface area contributed by atoms with Crippen LogP contribution in [-0.2, 0) is 18.4 Å². The molecule has 0 radical (unpaired) electrons. The van der Waals surface area contributed by atoms with Crippen LogP contribution in [0.5, 0.6) is 0 Å². The second-order valence-corrected chi connectivity index (χ2v) is 22.1. The SMILES string of the molecule is CCCCCCCCCCC/C=C\C/C=C\CCCCCCCCCCCC(=O)NC(COP(=O)(O)OCC[N+](C)(C)C)C(O)/C=C/CCCCCCCCCCCCCCCCCCC. The molecule has 0 bridgehead atoms. The van der Waals surface area contributed by atoms with Gasteiger partial charge in [-0.2, -0.15) is 0 Å². The second-order valence-electron chi connectivity index (χ2n) is 20.7. The van der Waals surface area contributed by atoms with Crippen molar-refractivity contribution in [3.8, 4) is 0 Å². The Morgan fingerprint density at radius 2 is 0.864 bits per heavy atom. The monoisotopic (exact) mass is 952 g/mol. The Morgan fingerprint density at radius 3 is 1.24 bits per heavy atom. The molecule has 0 aromatic heterocycles. The molecule has 0 aromatic carbocycles. The van der Waals surface area contributed by atoms with Crippen LogP contribution in [0.4, 0.5) is 0 Å². The minimum atomic E-state index is -4.35. The third-order valence-corrected chi connectivity index (χ3v) is 13.8. The highest BCUT2D eigenvalue weighted by Crippen LogP contribution is 2.43. The number of hydrogen-bond acceptors (Lipinski definition) is 5. The van der Waals surface area contributed by atoms with Gasteiger partial charge >= 0.3 is 7.82 Å². The third-order valence-electron chi connectivity index (χ3n) is 12.9. The topological polar surface area (TPSA) is 105 Å². The maximum atomic E-state index is 13.0. The third kappa shape index (κ3) is 50.6. The maximum Gasteiger partial charge on any atom is 0.472 e. The summed E-state index contributed by atoms with van der Waals surface area (Å²) in [4.78, 5) is 23.3. The van der Waals surface area contributed by atoms with Crippen LogP contribution in [0.2, 0.25) is 0 Å². The number of amides is 1. The smallest absolute Gasteiger partial charge is 0.387 e. The van der Waals surface area contributed by atoms with Crippen molar-refractivity contribution in [3.63, 3.8) is 0 Å². The highest BCUT2D eigenvalue weighted by Gasteiger charge is 2.27. The molecular formula is C57H112N2O6P+. The summed E-state index contributed by atoms with van der Waals surface area (Å²) in [6.45, 7) is 4.84. The number of nitrogens with zero attached hydrogens (tertiary/aromatic N) is 1. The predicted octanol–water partition coefficient (Wildman–Crippen LogP) is 17.0. The molecule has 0 saturated heterocycles. The summed E-state index contributed by atoms with van der Waals surface area (Å²) >= 11 is 0. The molecule has 3 unspecified atom stereocenters. The fourth-order valence-corrected chi connectivity index (χ4v) is 9.10. The van der Waals surface area contributed by atoms with Crippen molar-refractivity contribution < 1.29 is 32.9 Å². The Balaban J connectivity index is 4.23. The molecule has 8 nitrogen and oxygen atoms in total. The summed E-state index contributed by atoms with van der Waals surface area (Å²) in [6.07, 6.45) is 62.3. The number of carbonyl (C=O) groups is 1. The Kier molecular flexibility index (Phi) is 47.8. The van der Waals surface area contributed by atoms with Gasteiger partial charge in [0.05, 0.1) is 39.9 Å². The molecule has 0 heterocycles. The summed E-state index contributed by atoms with van der Waals surface area (Å²) in [6, 6.07) is -0.849. The van der Waals surface area contributed by atoms with Crippen LogP contribution in [0.15, 0.2) is 36.5 Å². The average molecular weight is 953 g/mol. The fraction of sp³-hybridized carbons (Fsp3) is 0.877. The van der Waals surface area contributed by atoms with Crippen molar-refractivity contribution in [2.75, 3.05) is 40.9 Å². The van der Waals surface area contributed by atoms with E-state index < -0.39 is 20.0 Å². The van der Waals surface area contributed by atoms with Crippen molar-refractivity contribution in [1.82, 2.24) is 5.32 Å². The number of aliphatic hydroxyl groups excluding tert-OH is 1. The Hall–Kier alpha value is -1.28. The molecule has 0 fully saturated rings. The van der Waals surface area contributed by atoms with Gasteiger partial charge in [0, 0.05) is 6.42 Å². The lowest BCUT2D eigenvalue weighted by Crippen LogP contribution is -2.45. The molecule has 0 saturated carbocycles. The van der Waals surface area contributed by atoms with E-state index in [1.165, 1.54) is 205 Å². The van der Waals surface area contributed by atoms with Gasteiger partial charge in [0.25, 0.3) is 0 Å². The average Bonchev–Trinajstić information content (AvgIpc) is 3.28. The number of phosphoric acid groups is 1.